The van der Waals surface area contributed by atoms with Gasteiger partial charge in [0, 0.05) is 32.4 Å². The predicted octanol–water partition coefficient (Wildman–Crippen LogP) is 3.47. The number of nitrogens with zero attached hydrogens (tertiary/aromatic N) is 7. The molecular formula is C20H20F5N7. The molecule has 32 heavy (non-hydrogen) atoms. The monoisotopic (exact) mass is 453 g/mol. The van der Waals surface area contributed by atoms with Gasteiger partial charge in [0.1, 0.15) is 17.9 Å². The highest BCUT2D eigenvalue weighted by Gasteiger charge is 2.38. The highest BCUT2D eigenvalue weighted by molar-refractivity contribution is 5.71. The number of anilines is 2. The Hall–Kier alpha value is -3.05. The number of aromatic nitrogens is 5. The molecule has 0 radical (unpaired) electrons. The van der Waals surface area contributed by atoms with Crippen LogP contribution in [0.1, 0.15) is 12.0 Å². The summed E-state index contributed by atoms with van der Waals surface area (Å²) in [6.45, 7) is 2.11. The van der Waals surface area contributed by atoms with E-state index in [-0.39, 0.29) is 5.92 Å². The van der Waals surface area contributed by atoms with E-state index in [2.05, 4.69) is 25.0 Å². The molecule has 7 nitrogen and oxygen atoms in total. The van der Waals surface area contributed by atoms with Crippen LogP contribution in [0.3, 0.4) is 0 Å². The van der Waals surface area contributed by atoms with E-state index in [1.807, 2.05) is 4.90 Å². The van der Waals surface area contributed by atoms with Gasteiger partial charge in [-0.2, -0.15) is 18.3 Å². The third-order valence-corrected chi connectivity index (χ3v) is 6.18. The first-order valence-corrected chi connectivity index (χ1v) is 10.3. The van der Waals surface area contributed by atoms with Gasteiger partial charge in [-0.05, 0) is 24.3 Å². The number of alkyl halides is 5. The quantitative estimate of drug-likeness (QED) is 0.564. The molecule has 3 aromatic heterocycles. The third-order valence-electron chi connectivity index (χ3n) is 6.18. The van der Waals surface area contributed by atoms with Crippen LogP contribution in [-0.2, 0) is 12.7 Å². The van der Waals surface area contributed by atoms with Gasteiger partial charge in [0.15, 0.2) is 5.65 Å². The molecule has 3 aromatic rings. The van der Waals surface area contributed by atoms with Crippen LogP contribution < -0.4 is 9.80 Å². The Balaban J connectivity index is 1.32. The Kier molecular flexibility index (Phi) is 5.09. The minimum Gasteiger partial charge on any atom is -0.370 e. The predicted molar refractivity (Wildman–Crippen MR) is 107 cm³/mol. The topological polar surface area (TPSA) is 63.0 Å². The van der Waals surface area contributed by atoms with Crippen LogP contribution in [-0.4, -0.2) is 57.3 Å². The summed E-state index contributed by atoms with van der Waals surface area (Å²) in [5.41, 5.74) is 0.478. The summed E-state index contributed by atoms with van der Waals surface area (Å²) in [7, 11) is 0. The third kappa shape index (κ3) is 3.93. The molecule has 2 saturated heterocycles. The lowest BCUT2D eigenvalue weighted by Crippen LogP contribution is -2.40. The minimum atomic E-state index is -4.43. The average Bonchev–Trinajstić information content (AvgIpc) is 3.36. The van der Waals surface area contributed by atoms with E-state index in [0.717, 1.165) is 29.9 Å². The summed E-state index contributed by atoms with van der Waals surface area (Å²) < 4.78 is 65.9. The Morgan fingerprint density at radius 1 is 1.00 bits per heavy atom. The summed E-state index contributed by atoms with van der Waals surface area (Å²) >= 11 is 0. The molecule has 2 aliphatic heterocycles. The maximum Gasteiger partial charge on any atom is 0.417 e. The first kappa shape index (κ1) is 20.8. The number of hydrogen-bond acceptors (Lipinski definition) is 6. The first-order valence-electron chi connectivity index (χ1n) is 10.3. The van der Waals surface area contributed by atoms with E-state index in [4.69, 9.17) is 0 Å². The van der Waals surface area contributed by atoms with Gasteiger partial charge in [-0.3, -0.25) is 4.98 Å². The van der Waals surface area contributed by atoms with E-state index in [1.165, 1.54) is 12.4 Å². The van der Waals surface area contributed by atoms with Crippen LogP contribution in [0, 0.1) is 11.8 Å². The standard InChI is InChI=1S/C20H20F5N7/c21-17(22)11-32-19-16(6-28-32)27-7-18(29-19)31-8-12-1-2-30(9-13(12)10-31)15-3-14(4-26-5-15)20(23,24)25/h3-7,12-13,17H,1-2,8-11H2/t12?,13-/m1/s1. The minimum absolute atomic E-state index is 0.238. The highest BCUT2D eigenvalue weighted by atomic mass is 19.4. The van der Waals surface area contributed by atoms with Crippen molar-refractivity contribution in [2.45, 2.75) is 25.6 Å². The summed E-state index contributed by atoms with van der Waals surface area (Å²) in [5, 5.41) is 3.94. The van der Waals surface area contributed by atoms with Crippen LogP contribution in [0.15, 0.2) is 30.9 Å². The van der Waals surface area contributed by atoms with Crippen molar-refractivity contribution in [3.63, 3.8) is 0 Å². The summed E-state index contributed by atoms with van der Waals surface area (Å²) in [5.74, 6) is 1.20. The van der Waals surface area contributed by atoms with Gasteiger partial charge in [0.25, 0.3) is 6.43 Å². The Bertz CT molecular complexity index is 1120. The molecule has 1 unspecified atom stereocenters. The second kappa shape index (κ2) is 7.82. The Morgan fingerprint density at radius 2 is 1.78 bits per heavy atom. The average molecular weight is 453 g/mol. The van der Waals surface area contributed by atoms with Gasteiger partial charge < -0.3 is 9.80 Å². The van der Waals surface area contributed by atoms with Crippen molar-refractivity contribution >= 4 is 22.7 Å². The molecule has 0 amide bonds. The highest BCUT2D eigenvalue weighted by Crippen LogP contribution is 2.36. The molecule has 12 heteroatoms. The second-order valence-corrected chi connectivity index (χ2v) is 8.24. The fourth-order valence-corrected chi connectivity index (χ4v) is 4.60. The number of fused-ring (bicyclic) bond motifs is 2. The zero-order valence-electron chi connectivity index (χ0n) is 16.9. The van der Waals surface area contributed by atoms with E-state index >= 15 is 0 Å². The van der Waals surface area contributed by atoms with Crippen molar-refractivity contribution in [3.05, 3.63) is 36.4 Å². The Morgan fingerprint density at radius 3 is 2.56 bits per heavy atom. The van der Waals surface area contributed by atoms with E-state index < -0.39 is 24.7 Å². The lowest BCUT2D eigenvalue weighted by Gasteiger charge is -2.35. The molecule has 170 valence electrons. The molecule has 0 spiro atoms. The molecule has 0 N–H and O–H groups in total. The van der Waals surface area contributed by atoms with Crippen molar-refractivity contribution < 1.29 is 22.0 Å². The first-order chi connectivity index (χ1) is 15.3. The second-order valence-electron chi connectivity index (χ2n) is 8.24. The van der Waals surface area contributed by atoms with Crippen LogP contribution in [0.5, 0.6) is 0 Å². The van der Waals surface area contributed by atoms with Crippen molar-refractivity contribution in [2.24, 2.45) is 11.8 Å². The van der Waals surface area contributed by atoms with E-state index in [9.17, 15) is 22.0 Å². The number of pyridine rings is 1. The molecule has 0 aromatic carbocycles. The van der Waals surface area contributed by atoms with Gasteiger partial charge in [-0.1, -0.05) is 0 Å². The normalized spacial score (nSPS) is 21.6. The van der Waals surface area contributed by atoms with Gasteiger partial charge in [0.05, 0.1) is 29.8 Å². The molecule has 2 aliphatic rings. The maximum absolute atomic E-state index is 13.0. The van der Waals surface area contributed by atoms with Crippen LogP contribution in [0.25, 0.3) is 11.2 Å². The molecule has 2 fully saturated rings. The molecule has 5 heterocycles. The Labute approximate surface area is 179 Å². The number of rotatable bonds is 4. The molecule has 0 saturated carbocycles. The molecule has 0 aliphatic carbocycles. The smallest absolute Gasteiger partial charge is 0.370 e. The van der Waals surface area contributed by atoms with Crippen molar-refractivity contribution in [1.82, 2.24) is 24.7 Å². The van der Waals surface area contributed by atoms with Gasteiger partial charge in [-0.15, -0.1) is 0 Å². The van der Waals surface area contributed by atoms with Crippen molar-refractivity contribution in [3.8, 4) is 0 Å². The zero-order chi connectivity index (χ0) is 22.5. The zero-order valence-corrected chi connectivity index (χ0v) is 16.9. The number of hydrogen-bond donors (Lipinski definition) is 0. The lowest BCUT2D eigenvalue weighted by atomic mass is 9.88. The number of piperidine rings is 1. The van der Waals surface area contributed by atoms with Gasteiger partial charge in [-0.25, -0.2) is 23.4 Å². The summed E-state index contributed by atoms with van der Waals surface area (Å²) in [6, 6.07) is 1.14. The number of halogens is 5. The fourth-order valence-electron chi connectivity index (χ4n) is 4.60. The van der Waals surface area contributed by atoms with Gasteiger partial charge >= 0.3 is 6.18 Å². The summed E-state index contributed by atoms with van der Waals surface area (Å²) in [4.78, 5) is 16.6. The van der Waals surface area contributed by atoms with Crippen LogP contribution >= 0.6 is 0 Å². The lowest BCUT2D eigenvalue weighted by molar-refractivity contribution is -0.137. The molecular weight excluding hydrogens is 433 g/mol. The van der Waals surface area contributed by atoms with Crippen LogP contribution in [0.2, 0.25) is 0 Å². The van der Waals surface area contributed by atoms with E-state index in [1.54, 1.807) is 6.20 Å². The van der Waals surface area contributed by atoms with Gasteiger partial charge in [0.2, 0.25) is 0 Å². The SMILES string of the molecule is FC(F)Cn1ncc2ncc(N3CC4CCN(c5cncc(C(F)(F)F)c5)C[C@@H]4C3)nc21. The molecule has 0 bridgehead atoms. The maximum atomic E-state index is 13.0. The molecule has 2 atom stereocenters. The van der Waals surface area contributed by atoms with Crippen LogP contribution in [0.4, 0.5) is 33.5 Å². The van der Waals surface area contributed by atoms with E-state index in [0.29, 0.717) is 48.2 Å². The van der Waals surface area contributed by atoms with Crippen molar-refractivity contribution in [2.75, 3.05) is 36.0 Å². The van der Waals surface area contributed by atoms with Crippen molar-refractivity contribution in [1.29, 1.82) is 0 Å². The largest absolute Gasteiger partial charge is 0.417 e. The molecule has 5 rings (SSSR count). The fraction of sp³-hybridized carbons (Fsp3) is 0.500. The summed E-state index contributed by atoms with van der Waals surface area (Å²) in [6.07, 6.45) is -0.820.